The molecular weight excluding hydrogens is 360 g/mol. The van der Waals surface area contributed by atoms with Crippen LogP contribution in [0.15, 0.2) is 43.0 Å². The van der Waals surface area contributed by atoms with Crippen molar-refractivity contribution in [2.24, 2.45) is 0 Å². The van der Waals surface area contributed by atoms with Crippen molar-refractivity contribution in [1.82, 2.24) is 0 Å². The first kappa shape index (κ1) is 26.1. The summed E-state index contributed by atoms with van der Waals surface area (Å²) in [5.41, 5.74) is 0. The minimum Gasteiger partial charge on any atom is -0.478 e. The summed E-state index contributed by atoms with van der Waals surface area (Å²) < 4.78 is 11.0. The third-order valence-corrected chi connectivity index (χ3v) is 3.96. The predicted octanol–water partition coefficient (Wildman–Crippen LogP) is 4.16. The van der Waals surface area contributed by atoms with Crippen molar-refractivity contribution in [3.8, 4) is 5.75 Å². The van der Waals surface area contributed by atoms with Gasteiger partial charge in [0, 0.05) is 12.5 Å². The van der Waals surface area contributed by atoms with Crippen molar-refractivity contribution in [2.45, 2.75) is 64.1 Å². The first-order chi connectivity index (χ1) is 13.5. The van der Waals surface area contributed by atoms with Crippen molar-refractivity contribution in [1.29, 1.82) is 0 Å². The molecule has 0 spiro atoms. The highest BCUT2D eigenvalue weighted by Gasteiger charge is 2.29. The molecular formula is C22H36O6. The molecule has 0 saturated carbocycles. The van der Waals surface area contributed by atoms with E-state index in [1.165, 1.54) is 32.1 Å². The fraction of sp³-hybridized carbons (Fsp3) is 0.591. The summed E-state index contributed by atoms with van der Waals surface area (Å²) in [5.74, 6) is -1.68. The van der Waals surface area contributed by atoms with Gasteiger partial charge in [-0.2, -0.15) is 0 Å². The highest BCUT2D eigenvalue weighted by atomic mass is 16.6. The molecule has 1 aromatic carbocycles. The third kappa shape index (κ3) is 15.2. The van der Waals surface area contributed by atoms with Crippen LogP contribution in [0.3, 0.4) is 0 Å². The molecule has 160 valence electrons. The molecule has 0 aromatic heterocycles. The second-order valence-corrected chi connectivity index (χ2v) is 6.55. The fourth-order valence-electron chi connectivity index (χ4n) is 2.52. The monoisotopic (exact) mass is 396 g/mol. The molecule has 0 heterocycles. The molecule has 0 fully saturated rings. The van der Waals surface area contributed by atoms with E-state index in [4.69, 9.17) is 19.7 Å². The first-order valence-corrected chi connectivity index (χ1v) is 9.97. The summed E-state index contributed by atoms with van der Waals surface area (Å²) in [6.07, 6.45) is 9.65. The lowest BCUT2D eigenvalue weighted by molar-refractivity contribution is -0.184. The van der Waals surface area contributed by atoms with Gasteiger partial charge < -0.3 is 24.8 Å². The normalized spacial score (nSPS) is 12.4. The Hall–Kier alpha value is -1.89. The van der Waals surface area contributed by atoms with E-state index >= 15 is 0 Å². The number of rotatable bonds is 15. The number of hydrogen-bond donors (Lipinski definition) is 3. The largest absolute Gasteiger partial charge is 0.478 e. The van der Waals surface area contributed by atoms with Gasteiger partial charge in [0.25, 0.3) is 0 Å². The second kappa shape index (κ2) is 17.2. The molecule has 6 nitrogen and oxygen atoms in total. The lowest BCUT2D eigenvalue weighted by atomic mass is 10.0. The molecule has 0 aliphatic heterocycles. The van der Waals surface area contributed by atoms with E-state index in [1.807, 2.05) is 30.3 Å². The number of para-hydroxylation sites is 1. The van der Waals surface area contributed by atoms with Gasteiger partial charge in [0.1, 0.15) is 12.4 Å². The molecule has 0 aliphatic rings. The van der Waals surface area contributed by atoms with Gasteiger partial charge in [-0.15, -0.1) is 0 Å². The molecule has 1 atom stereocenters. The highest BCUT2D eigenvalue weighted by Crippen LogP contribution is 2.22. The quantitative estimate of drug-likeness (QED) is 0.234. The summed E-state index contributed by atoms with van der Waals surface area (Å²) in [6.45, 7) is 5.39. The summed E-state index contributed by atoms with van der Waals surface area (Å²) in [6, 6.07) is 9.30. The van der Waals surface area contributed by atoms with Gasteiger partial charge in [0.2, 0.25) is 5.79 Å². The van der Waals surface area contributed by atoms with Crippen LogP contribution in [0.5, 0.6) is 5.75 Å². The van der Waals surface area contributed by atoms with E-state index in [2.05, 4.69) is 13.5 Å². The number of hydrogen-bond acceptors (Lipinski definition) is 5. The number of carboxylic acids is 1. The minimum atomic E-state index is -1.33. The number of aliphatic carboxylic acids is 1. The van der Waals surface area contributed by atoms with Crippen molar-refractivity contribution >= 4 is 5.97 Å². The number of benzene rings is 1. The Morgan fingerprint density at radius 1 is 1.11 bits per heavy atom. The van der Waals surface area contributed by atoms with Crippen LogP contribution in [0, 0.1) is 0 Å². The van der Waals surface area contributed by atoms with Gasteiger partial charge >= 0.3 is 5.97 Å². The van der Waals surface area contributed by atoms with Crippen LogP contribution >= 0.6 is 0 Å². The summed E-state index contributed by atoms with van der Waals surface area (Å²) in [4.78, 5) is 9.25. The smallest absolute Gasteiger partial charge is 0.327 e. The van der Waals surface area contributed by atoms with Crippen molar-refractivity contribution < 1.29 is 29.6 Å². The molecule has 28 heavy (non-hydrogen) atoms. The molecule has 0 aliphatic carbocycles. The zero-order chi connectivity index (χ0) is 21.1. The lowest BCUT2D eigenvalue weighted by Crippen LogP contribution is -2.41. The van der Waals surface area contributed by atoms with Gasteiger partial charge in [-0.25, -0.2) is 4.79 Å². The van der Waals surface area contributed by atoms with Crippen LogP contribution in [0.1, 0.15) is 58.3 Å². The van der Waals surface area contributed by atoms with Crippen LogP contribution in [-0.4, -0.2) is 46.9 Å². The summed E-state index contributed by atoms with van der Waals surface area (Å²) >= 11 is 0. The number of carboxylic acid groups (broad SMARTS) is 1. The molecule has 3 N–H and O–H groups in total. The van der Waals surface area contributed by atoms with E-state index in [1.54, 1.807) is 0 Å². The van der Waals surface area contributed by atoms with Gasteiger partial charge in [0.05, 0.1) is 13.2 Å². The average molecular weight is 397 g/mol. The third-order valence-electron chi connectivity index (χ3n) is 3.96. The molecule has 1 unspecified atom stereocenters. The maximum Gasteiger partial charge on any atom is 0.327 e. The van der Waals surface area contributed by atoms with Crippen LogP contribution in [-0.2, 0) is 9.53 Å². The number of ether oxygens (including phenoxy) is 2. The predicted molar refractivity (Wildman–Crippen MR) is 110 cm³/mol. The topological polar surface area (TPSA) is 96.2 Å². The van der Waals surface area contributed by atoms with Gasteiger partial charge in [0.15, 0.2) is 0 Å². The summed E-state index contributed by atoms with van der Waals surface area (Å²) in [5, 5.41) is 27.1. The van der Waals surface area contributed by atoms with Crippen molar-refractivity contribution in [2.75, 3.05) is 19.8 Å². The molecule has 0 amide bonds. The maximum atomic E-state index is 10.7. The first-order valence-electron chi connectivity index (χ1n) is 9.97. The van der Waals surface area contributed by atoms with Crippen LogP contribution in [0.4, 0.5) is 0 Å². The Balaban J connectivity index is 0.00000129. The Morgan fingerprint density at radius 3 is 2.21 bits per heavy atom. The zero-order valence-electron chi connectivity index (χ0n) is 17.0. The van der Waals surface area contributed by atoms with Crippen LogP contribution in [0.2, 0.25) is 0 Å². The highest BCUT2D eigenvalue weighted by molar-refractivity contribution is 5.78. The standard InChI is InChI=1S/C19H32O4.C3H4O2/c1-2-3-4-5-6-7-11-14-19(21,17-22-16-15-20)23-18-12-9-8-10-13-18;1-2-3(4)5/h8-10,12-13,20-21H,2-7,11,14-17H2,1H3;2H,1H2,(H,4,5). The molecule has 0 radical (unpaired) electrons. The van der Waals surface area contributed by atoms with Gasteiger partial charge in [-0.1, -0.05) is 70.2 Å². The second-order valence-electron chi connectivity index (χ2n) is 6.55. The van der Waals surface area contributed by atoms with E-state index in [0.29, 0.717) is 12.2 Å². The van der Waals surface area contributed by atoms with Crippen molar-refractivity contribution in [3.05, 3.63) is 43.0 Å². The van der Waals surface area contributed by atoms with E-state index < -0.39 is 11.8 Å². The Labute approximate surface area is 168 Å². The average Bonchev–Trinajstić information content (AvgIpc) is 2.69. The maximum absolute atomic E-state index is 10.7. The number of aliphatic hydroxyl groups is 2. The van der Waals surface area contributed by atoms with Crippen molar-refractivity contribution in [3.63, 3.8) is 0 Å². The molecule has 0 bridgehead atoms. The van der Waals surface area contributed by atoms with Gasteiger partial charge in [-0.3, -0.25) is 0 Å². The summed E-state index contributed by atoms with van der Waals surface area (Å²) in [7, 11) is 0. The zero-order valence-corrected chi connectivity index (χ0v) is 17.0. The molecule has 1 rings (SSSR count). The molecule has 6 heteroatoms. The number of aliphatic hydroxyl groups excluding tert-OH is 1. The lowest BCUT2D eigenvalue weighted by Gasteiger charge is -2.29. The van der Waals surface area contributed by atoms with E-state index in [9.17, 15) is 9.90 Å². The van der Waals surface area contributed by atoms with E-state index in [-0.39, 0.29) is 19.8 Å². The number of unbranched alkanes of at least 4 members (excludes halogenated alkanes) is 6. The molecule has 0 saturated heterocycles. The fourth-order valence-corrected chi connectivity index (χ4v) is 2.52. The Bertz CT molecular complexity index is 505. The molecule has 1 aromatic rings. The van der Waals surface area contributed by atoms with Crippen LogP contribution < -0.4 is 4.74 Å². The van der Waals surface area contributed by atoms with Crippen LogP contribution in [0.25, 0.3) is 0 Å². The number of carbonyl (C=O) groups is 1. The van der Waals surface area contributed by atoms with E-state index in [0.717, 1.165) is 18.9 Å². The SMILES string of the molecule is C=CC(=O)O.CCCCCCCCCC(O)(COCCO)Oc1ccccc1. The Kier molecular flexibility index (Phi) is 16.1. The Morgan fingerprint density at radius 2 is 1.68 bits per heavy atom. The minimum absolute atomic E-state index is 0.0567. The van der Waals surface area contributed by atoms with Gasteiger partial charge in [-0.05, 0) is 18.6 Å².